The van der Waals surface area contributed by atoms with Crippen molar-refractivity contribution < 1.29 is 58.2 Å². The van der Waals surface area contributed by atoms with Crippen LogP contribution in [0.2, 0.25) is 0 Å². The molecule has 0 aromatic heterocycles. The number of rotatable bonds is 50. The van der Waals surface area contributed by atoms with Crippen LogP contribution in [0.1, 0.15) is 252 Å². The van der Waals surface area contributed by atoms with E-state index in [1.54, 1.807) is 0 Å². The molecule has 0 bridgehead atoms. The fourth-order valence-electron chi connectivity index (χ4n) is 8.69. The highest BCUT2D eigenvalue weighted by Gasteiger charge is 2.50. The van der Waals surface area contributed by atoms with E-state index in [0.29, 0.717) is 25.7 Å². The molecule has 6 unspecified atom stereocenters. The third-order valence-electron chi connectivity index (χ3n) is 13.3. The van der Waals surface area contributed by atoms with E-state index in [-0.39, 0.29) is 25.9 Å². The van der Waals surface area contributed by atoms with Gasteiger partial charge in [0.25, 0.3) is 0 Å². The minimum Gasteiger partial charge on any atom is -0.479 e. The van der Waals surface area contributed by atoms with E-state index >= 15 is 0 Å². The number of carbonyl (C=O) groups excluding carboxylic acids is 3. The number of carboxylic acid groups (broad SMARTS) is 1. The number of carboxylic acids is 1. The number of aliphatic hydroxyl groups excluding tert-OH is 2. The number of aliphatic hydroxyl groups is 2. The van der Waals surface area contributed by atoms with Crippen LogP contribution < -0.4 is 0 Å². The van der Waals surface area contributed by atoms with Crippen molar-refractivity contribution >= 4 is 23.9 Å². The van der Waals surface area contributed by atoms with Gasteiger partial charge in [-0.25, -0.2) is 4.79 Å². The number of hydrogen-bond acceptors (Lipinski definition) is 11. The first kappa shape index (κ1) is 69.2. The van der Waals surface area contributed by atoms with Crippen molar-refractivity contribution in [3.05, 3.63) is 72.9 Å². The fraction of sp³-hybridized carbons (Fsp3) is 0.746. The maximum atomic E-state index is 13.1. The molecule has 0 saturated carbocycles. The molecule has 3 N–H and O–H groups in total. The van der Waals surface area contributed by atoms with Crippen molar-refractivity contribution in [2.24, 2.45) is 0 Å². The van der Waals surface area contributed by atoms with Gasteiger partial charge in [0.05, 0.1) is 6.61 Å². The lowest BCUT2D eigenvalue weighted by molar-refractivity contribution is -0.301. The highest BCUT2D eigenvalue weighted by Crippen LogP contribution is 2.26. The van der Waals surface area contributed by atoms with Crippen LogP contribution in [0.4, 0.5) is 0 Å². The van der Waals surface area contributed by atoms with Crippen molar-refractivity contribution in [3.63, 3.8) is 0 Å². The first-order chi connectivity index (χ1) is 36.6. The molecule has 0 amide bonds. The summed E-state index contributed by atoms with van der Waals surface area (Å²) in [6.45, 7) is 5.84. The van der Waals surface area contributed by atoms with Gasteiger partial charge in [0, 0.05) is 19.3 Å². The summed E-state index contributed by atoms with van der Waals surface area (Å²) in [5, 5.41) is 31.5. The SMILES string of the molecule is CC/C=C\C/C=C\C/C=C\C/C=C\C/C=C\CCCC(=O)OC1C(OCC(COC(=O)CCCCCCCCC/C=C\CCCCCCCC)OC(=O)CCCCCCCCCCCCC)OC(C(=O)O)C(O)C1O. The monoisotopic (exact) mass is 1050 g/mol. The van der Waals surface area contributed by atoms with E-state index in [1.165, 1.54) is 109 Å². The van der Waals surface area contributed by atoms with Gasteiger partial charge in [-0.1, -0.05) is 222 Å². The summed E-state index contributed by atoms with van der Waals surface area (Å²) in [6.07, 6.45) is 51.6. The normalized spacial score (nSPS) is 18.7. The largest absolute Gasteiger partial charge is 0.479 e. The zero-order valence-electron chi connectivity index (χ0n) is 47.3. The van der Waals surface area contributed by atoms with Crippen LogP contribution in [-0.4, -0.2) is 89.2 Å². The minimum atomic E-state index is -1.92. The molecule has 6 atom stereocenters. The Kier molecular flexibility index (Phi) is 47.0. The molecule has 1 heterocycles. The van der Waals surface area contributed by atoms with Crippen molar-refractivity contribution in [2.75, 3.05) is 13.2 Å². The average molecular weight is 1060 g/mol. The van der Waals surface area contributed by atoms with Gasteiger partial charge in [-0.2, -0.15) is 0 Å². The predicted molar refractivity (Wildman–Crippen MR) is 303 cm³/mol. The number of esters is 3. The molecular weight excluding hydrogens is 949 g/mol. The maximum Gasteiger partial charge on any atom is 0.335 e. The molecule has 1 aliphatic rings. The average Bonchev–Trinajstić information content (AvgIpc) is 3.39. The third kappa shape index (κ3) is 41.0. The first-order valence-corrected chi connectivity index (χ1v) is 29.9. The van der Waals surface area contributed by atoms with E-state index in [0.717, 1.165) is 77.0 Å². The Morgan fingerprint density at radius 2 is 0.853 bits per heavy atom. The van der Waals surface area contributed by atoms with Crippen LogP contribution in [-0.2, 0) is 42.9 Å². The zero-order chi connectivity index (χ0) is 54.7. The molecule has 1 fully saturated rings. The Morgan fingerprint density at radius 1 is 0.453 bits per heavy atom. The number of allylic oxidation sites excluding steroid dienone is 12. The highest BCUT2D eigenvalue weighted by atomic mass is 16.7. The molecule has 0 spiro atoms. The van der Waals surface area contributed by atoms with Gasteiger partial charge in [-0.3, -0.25) is 14.4 Å². The van der Waals surface area contributed by atoms with E-state index in [4.69, 9.17) is 23.7 Å². The summed E-state index contributed by atoms with van der Waals surface area (Å²) in [5.41, 5.74) is 0. The Balaban J connectivity index is 2.70. The number of ether oxygens (including phenoxy) is 5. The van der Waals surface area contributed by atoms with Crippen LogP contribution in [0.25, 0.3) is 0 Å². The molecule has 12 heteroatoms. The number of aliphatic carboxylic acids is 1. The second kappa shape index (κ2) is 50.9. The number of unbranched alkanes of at least 4 members (excludes halogenated alkanes) is 24. The van der Waals surface area contributed by atoms with E-state index < -0.39 is 67.3 Å². The van der Waals surface area contributed by atoms with Crippen LogP contribution in [0, 0.1) is 0 Å². The van der Waals surface area contributed by atoms with Gasteiger partial charge < -0.3 is 39.0 Å². The topological polar surface area (TPSA) is 175 Å². The van der Waals surface area contributed by atoms with E-state index in [1.807, 2.05) is 12.2 Å². The lowest BCUT2D eigenvalue weighted by Gasteiger charge is -2.40. The summed E-state index contributed by atoms with van der Waals surface area (Å²) in [4.78, 5) is 51.1. The van der Waals surface area contributed by atoms with Crippen molar-refractivity contribution in [1.82, 2.24) is 0 Å². The molecule has 1 saturated heterocycles. The molecule has 1 rings (SSSR count). The summed E-state index contributed by atoms with van der Waals surface area (Å²) >= 11 is 0. The second-order valence-corrected chi connectivity index (χ2v) is 20.3. The molecule has 75 heavy (non-hydrogen) atoms. The first-order valence-electron chi connectivity index (χ1n) is 29.9. The van der Waals surface area contributed by atoms with Gasteiger partial charge in [-0.05, 0) is 83.5 Å². The maximum absolute atomic E-state index is 13.1. The van der Waals surface area contributed by atoms with Gasteiger partial charge in [0.2, 0.25) is 0 Å². The van der Waals surface area contributed by atoms with Crippen molar-refractivity contribution in [2.45, 2.75) is 289 Å². The summed E-state index contributed by atoms with van der Waals surface area (Å²) in [5.74, 6) is -3.19. The van der Waals surface area contributed by atoms with Gasteiger partial charge >= 0.3 is 23.9 Å². The van der Waals surface area contributed by atoms with Gasteiger partial charge in [0.1, 0.15) is 18.8 Å². The molecule has 0 radical (unpaired) electrons. The third-order valence-corrected chi connectivity index (χ3v) is 13.3. The molecule has 1 aliphatic heterocycles. The highest BCUT2D eigenvalue weighted by molar-refractivity contribution is 5.74. The lowest BCUT2D eigenvalue weighted by atomic mass is 9.98. The molecule has 12 nitrogen and oxygen atoms in total. The molecule has 0 aromatic rings. The van der Waals surface area contributed by atoms with Crippen LogP contribution in [0.15, 0.2) is 72.9 Å². The van der Waals surface area contributed by atoms with Gasteiger partial charge in [0.15, 0.2) is 24.6 Å². The number of hydrogen-bond donors (Lipinski definition) is 3. The summed E-state index contributed by atoms with van der Waals surface area (Å²) in [6, 6.07) is 0. The Hall–Kier alpha value is -3.84. The molecule has 430 valence electrons. The standard InChI is InChI=1S/C63H106O12/c1-4-7-10-13-16-19-22-24-26-28-30-32-35-37-40-43-46-49-55(64)71-52-54(73-56(65)50-47-44-41-38-34-21-18-15-12-9-6-3)53-72-63-61(59(68)58(67)60(75-63)62(69)70)74-57(66)51-48-45-42-39-36-33-31-29-27-25-23-20-17-14-11-8-5-2/h8,11,17,20,24-27,31,33,39,42,54,58-61,63,67-68H,4-7,9-10,12-16,18-19,21-23,28-30,32,34-38,40-41,43-53H2,1-3H3,(H,69,70)/b11-8-,20-17-,26-24-,27-25-,33-31-,42-39-. The van der Waals surface area contributed by atoms with E-state index in [9.17, 15) is 34.5 Å². The summed E-state index contributed by atoms with van der Waals surface area (Å²) < 4.78 is 28.4. The van der Waals surface area contributed by atoms with Crippen LogP contribution >= 0.6 is 0 Å². The van der Waals surface area contributed by atoms with Crippen LogP contribution in [0.3, 0.4) is 0 Å². The zero-order valence-corrected chi connectivity index (χ0v) is 47.3. The molecule has 0 aromatic carbocycles. The second-order valence-electron chi connectivity index (χ2n) is 20.3. The molecular formula is C63H106O12. The van der Waals surface area contributed by atoms with E-state index in [2.05, 4.69) is 81.5 Å². The fourth-order valence-corrected chi connectivity index (χ4v) is 8.69. The van der Waals surface area contributed by atoms with Crippen LogP contribution in [0.5, 0.6) is 0 Å². The lowest BCUT2D eigenvalue weighted by Crippen LogP contribution is -2.61. The smallest absolute Gasteiger partial charge is 0.335 e. The predicted octanol–water partition coefficient (Wildman–Crippen LogP) is 15.3. The molecule has 0 aliphatic carbocycles. The Morgan fingerprint density at radius 3 is 1.33 bits per heavy atom. The van der Waals surface area contributed by atoms with Crippen molar-refractivity contribution in [1.29, 1.82) is 0 Å². The Bertz CT molecular complexity index is 1580. The number of carbonyl (C=O) groups is 4. The van der Waals surface area contributed by atoms with Crippen molar-refractivity contribution in [3.8, 4) is 0 Å². The van der Waals surface area contributed by atoms with Gasteiger partial charge in [-0.15, -0.1) is 0 Å². The minimum absolute atomic E-state index is 0.0187. The Labute approximate surface area is 455 Å². The quantitative estimate of drug-likeness (QED) is 0.0228. The summed E-state index contributed by atoms with van der Waals surface area (Å²) in [7, 11) is 0.